The molecule has 0 aromatic heterocycles. The monoisotopic (exact) mass is 435 g/mol. The van der Waals surface area contributed by atoms with Crippen molar-refractivity contribution >= 4 is 41.7 Å². The number of methoxy groups -OCH3 is 1. The fraction of sp³-hybridized carbons (Fsp3) is 0.562. The second-order valence-electron chi connectivity index (χ2n) is 5.74. The fourth-order valence-corrected chi connectivity index (χ4v) is 3.66. The summed E-state index contributed by atoms with van der Waals surface area (Å²) in [5, 5.41) is 3.45. The van der Waals surface area contributed by atoms with Gasteiger partial charge in [0.1, 0.15) is 5.75 Å². The molecule has 4 nitrogen and oxygen atoms in total. The molecule has 0 aliphatic carbocycles. The van der Waals surface area contributed by atoms with Crippen molar-refractivity contribution in [3.05, 3.63) is 29.8 Å². The Morgan fingerprint density at radius 3 is 2.77 bits per heavy atom. The second kappa shape index (κ2) is 8.86. The van der Waals surface area contributed by atoms with Gasteiger partial charge in [0, 0.05) is 42.7 Å². The summed E-state index contributed by atoms with van der Waals surface area (Å²) in [6.45, 7) is 7.36. The van der Waals surface area contributed by atoms with Crippen LogP contribution in [0.2, 0.25) is 0 Å². The number of thioether (sulfide) groups is 1. The van der Waals surface area contributed by atoms with Gasteiger partial charge in [-0.3, -0.25) is 4.99 Å². The van der Waals surface area contributed by atoms with Crippen molar-refractivity contribution in [1.82, 2.24) is 10.2 Å². The summed E-state index contributed by atoms with van der Waals surface area (Å²) < 4.78 is 5.67. The van der Waals surface area contributed by atoms with Gasteiger partial charge in [0.15, 0.2) is 5.96 Å². The largest absolute Gasteiger partial charge is 0.496 e. The quantitative estimate of drug-likeness (QED) is 0.450. The minimum absolute atomic E-state index is 0. The molecule has 0 amide bonds. The number of hydrogen-bond donors (Lipinski definition) is 1. The maximum Gasteiger partial charge on any atom is 0.193 e. The lowest BCUT2D eigenvalue weighted by atomic mass is 10.2. The Hall–Kier alpha value is -0.630. The Morgan fingerprint density at radius 1 is 1.41 bits per heavy atom. The van der Waals surface area contributed by atoms with Crippen LogP contribution in [0.3, 0.4) is 0 Å². The lowest BCUT2D eigenvalue weighted by molar-refractivity contribution is 0.374. The first-order valence-electron chi connectivity index (χ1n) is 7.27. The number of benzene rings is 1. The molecule has 0 saturated carbocycles. The van der Waals surface area contributed by atoms with Crippen LogP contribution in [0.4, 0.5) is 0 Å². The zero-order valence-electron chi connectivity index (χ0n) is 13.8. The first kappa shape index (κ1) is 19.4. The van der Waals surface area contributed by atoms with E-state index in [2.05, 4.69) is 35.1 Å². The number of halogens is 1. The highest BCUT2D eigenvalue weighted by atomic mass is 127. The minimum atomic E-state index is 0. The molecule has 22 heavy (non-hydrogen) atoms. The summed E-state index contributed by atoms with van der Waals surface area (Å²) >= 11 is 2.03. The number of nitrogens with one attached hydrogen (secondary N) is 1. The molecule has 6 heteroatoms. The first-order valence-corrected chi connectivity index (χ1v) is 8.26. The summed E-state index contributed by atoms with van der Waals surface area (Å²) in [6.07, 6.45) is 0. The van der Waals surface area contributed by atoms with Crippen LogP contribution in [-0.4, -0.2) is 48.6 Å². The van der Waals surface area contributed by atoms with E-state index in [4.69, 9.17) is 4.74 Å². The second-order valence-corrected chi connectivity index (χ2v) is 7.54. The molecule has 124 valence electrons. The van der Waals surface area contributed by atoms with Gasteiger partial charge in [-0.15, -0.1) is 24.0 Å². The minimum Gasteiger partial charge on any atom is -0.496 e. The maximum atomic E-state index is 5.39. The molecule has 1 saturated heterocycles. The van der Waals surface area contributed by atoms with E-state index in [9.17, 15) is 0 Å². The van der Waals surface area contributed by atoms with Crippen LogP contribution in [0.5, 0.6) is 5.75 Å². The topological polar surface area (TPSA) is 36.9 Å². The van der Waals surface area contributed by atoms with Crippen molar-refractivity contribution in [2.45, 2.75) is 25.1 Å². The van der Waals surface area contributed by atoms with Gasteiger partial charge < -0.3 is 15.0 Å². The number of guanidine groups is 1. The predicted molar refractivity (Wildman–Crippen MR) is 107 cm³/mol. The number of para-hydroxylation sites is 1. The third-order valence-electron chi connectivity index (χ3n) is 3.57. The zero-order valence-corrected chi connectivity index (χ0v) is 16.9. The van der Waals surface area contributed by atoms with Gasteiger partial charge in [-0.25, -0.2) is 0 Å². The van der Waals surface area contributed by atoms with Crippen molar-refractivity contribution in [2.24, 2.45) is 4.99 Å². The van der Waals surface area contributed by atoms with E-state index in [1.807, 2.05) is 37.0 Å². The average Bonchev–Trinajstić information content (AvgIpc) is 2.47. The van der Waals surface area contributed by atoms with Crippen LogP contribution in [0.25, 0.3) is 0 Å². The van der Waals surface area contributed by atoms with Crippen LogP contribution in [0, 0.1) is 0 Å². The normalized spacial score (nSPS) is 17.6. The maximum absolute atomic E-state index is 5.39. The van der Waals surface area contributed by atoms with Gasteiger partial charge in [-0.2, -0.15) is 11.8 Å². The molecule has 0 radical (unpaired) electrons. The van der Waals surface area contributed by atoms with Gasteiger partial charge in [0.05, 0.1) is 7.11 Å². The molecule has 1 N–H and O–H groups in total. The van der Waals surface area contributed by atoms with E-state index < -0.39 is 0 Å². The van der Waals surface area contributed by atoms with Crippen molar-refractivity contribution < 1.29 is 4.74 Å². The van der Waals surface area contributed by atoms with Crippen molar-refractivity contribution in [3.8, 4) is 5.75 Å². The van der Waals surface area contributed by atoms with Crippen molar-refractivity contribution in [3.63, 3.8) is 0 Å². The molecule has 1 aromatic carbocycles. The third-order valence-corrected chi connectivity index (χ3v) is 4.86. The zero-order chi connectivity index (χ0) is 15.3. The molecule has 1 aliphatic heterocycles. The standard InChI is InChI=1S/C16H25N3OS.HI/c1-16(2)12-19(9-10-21-16)15(17-3)18-11-13-7-5-6-8-14(13)20-4;/h5-8H,9-12H2,1-4H3,(H,17,18);1H. The summed E-state index contributed by atoms with van der Waals surface area (Å²) in [4.78, 5) is 6.77. The fourth-order valence-electron chi connectivity index (χ4n) is 2.55. The molecular weight excluding hydrogens is 409 g/mol. The molecule has 0 unspecified atom stereocenters. The third kappa shape index (κ3) is 5.22. The van der Waals surface area contributed by atoms with Crippen molar-refractivity contribution in [2.75, 3.05) is 33.0 Å². The molecule has 1 fully saturated rings. The highest BCUT2D eigenvalue weighted by Crippen LogP contribution is 2.29. The predicted octanol–water partition coefficient (Wildman–Crippen LogP) is 3.22. The number of nitrogens with zero attached hydrogens (tertiary/aromatic N) is 2. The number of hydrogen-bond acceptors (Lipinski definition) is 3. The van der Waals surface area contributed by atoms with Crippen LogP contribution >= 0.6 is 35.7 Å². The molecule has 2 rings (SSSR count). The molecule has 0 bridgehead atoms. The van der Waals surface area contributed by atoms with E-state index in [1.165, 1.54) is 0 Å². The van der Waals surface area contributed by atoms with E-state index in [1.54, 1.807) is 7.11 Å². The van der Waals surface area contributed by atoms with Gasteiger partial charge in [0.2, 0.25) is 0 Å². The molecule has 0 atom stereocenters. The average molecular weight is 435 g/mol. The van der Waals surface area contributed by atoms with Gasteiger partial charge in [0.25, 0.3) is 0 Å². The van der Waals surface area contributed by atoms with Crippen molar-refractivity contribution in [1.29, 1.82) is 0 Å². The van der Waals surface area contributed by atoms with Crippen LogP contribution in [-0.2, 0) is 6.54 Å². The van der Waals surface area contributed by atoms with E-state index in [-0.39, 0.29) is 28.7 Å². The van der Waals surface area contributed by atoms with Crippen LogP contribution in [0.15, 0.2) is 29.3 Å². The van der Waals surface area contributed by atoms with Crippen LogP contribution in [0.1, 0.15) is 19.4 Å². The van der Waals surface area contributed by atoms with E-state index >= 15 is 0 Å². The Bertz CT molecular complexity index is 508. The smallest absolute Gasteiger partial charge is 0.193 e. The number of aliphatic imine (C=N–C) groups is 1. The van der Waals surface area contributed by atoms with E-state index in [0.717, 1.165) is 42.7 Å². The Morgan fingerprint density at radius 2 is 2.14 bits per heavy atom. The highest BCUT2D eigenvalue weighted by Gasteiger charge is 2.28. The molecule has 1 aliphatic rings. The summed E-state index contributed by atoms with van der Waals surface area (Å²) in [6, 6.07) is 8.08. The number of rotatable bonds is 3. The molecule has 0 spiro atoms. The summed E-state index contributed by atoms with van der Waals surface area (Å²) in [5.74, 6) is 3.02. The highest BCUT2D eigenvalue weighted by molar-refractivity contribution is 14.0. The van der Waals surface area contributed by atoms with Crippen LogP contribution < -0.4 is 10.1 Å². The Kier molecular flexibility index (Phi) is 7.82. The van der Waals surface area contributed by atoms with Gasteiger partial charge >= 0.3 is 0 Å². The summed E-state index contributed by atoms with van der Waals surface area (Å²) in [7, 11) is 3.55. The lowest BCUT2D eigenvalue weighted by Gasteiger charge is -2.39. The van der Waals surface area contributed by atoms with Gasteiger partial charge in [-0.05, 0) is 19.9 Å². The Balaban J connectivity index is 0.00000242. The molecular formula is C16H26IN3OS. The lowest BCUT2D eigenvalue weighted by Crippen LogP contribution is -2.50. The summed E-state index contributed by atoms with van der Waals surface area (Å²) in [5.41, 5.74) is 1.15. The molecule has 1 aromatic rings. The number of ether oxygens (including phenoxy) is 1. The van der Waals surface area contributed by atoms with Gasteiger partial charge in [-0.1, -0.05) is 18.2 Å². The molecule has 1 heterocycles. The SMILES string of the molecule is CN=C(NCc1ccccc1OC)N1CCSC(C)(C)C1.I. The first-order chi connectivity index (χ1) is 10.1. The van der Waals surface area contributed by atoms with E-state index in [0.29, 0.717) is 0 Å². The Labute approximate surface area is 155 Å².